The SMILES string of the molecule is COc1ccc(/C=C2/NC(=O)N(Cc3ccccc3F)C2=O)cc1Cl. The van der Waals surface area contributed by atoms with E-state index in [0.29, 0.717) is 16.3 Å². The number of ether oxygens (including phenoxy) is 1. The molecule has 1 aliphatic rings. The number of carbonyl (C=O) groups excluding carboxylic acids is 2. The van der Waals surface area contributed by atoms with Crippen LogP contribution in [0.25, 0.3) is 6.08 Å². The lowest BCUT2D eigenvalue weighted by atomic mass is 10.1. The maximum absolute atomic E-state index is 13.7. The second kappa shape index (κ2) is 6.94. The Hall–Kier alpha value is -2.86. The monoisotopic (exact) mass is 360 g/mol. The van der Waals surface area contributed by atoms with Crippen molar-refractivity contribution in [3.8, 4) is 5.75 Å². The lowest BCUT2D eigenvalue weighted by molar-refractivity contribution is -0.123. The number of halogens is 2. The van der Waals surface area contributed by atoms with Crippen molar-refractivity contribution in [2.45, 2.75) is 6.54 Å². The number of imide groups is 1. The third-order valence-electron chi connectivity index (χ3n) is 3.74. The van der Waals surface area contributed by atoms with Gasteiger partial charge in [-0.15, -0.1) is 0 Å². The van der Waals surface area contributed by atoms with E-state index in [2.05, 4.69) is 5.32 Å². The van der Waals surface area contributed by atoms with Crippen LogP contribution in [-0.4, -0.2) is 23.9 Å². The van der Waals surface area contributed by atoms with Crippen LogP contribution in [0.4, 0.5) is 9.18 Å². The lowest BCUT2D eigenvalue weighted by Gasteiger charge is -2.12. The second-order valence-corrected chi connectivity index (χ2v) is 5.77. The van der Waals surface area contributed by atoms with Gasteiger partial charge in [-0.25, -0.2) is 9.18 Å². The maximum atomic E-state index is 13.7. The first-order valence-electron chi connectivity index (χ1n) is 7.41. The number of nitrogens with one attached hydrogen (secondary N) is 1. The number of methoxy groups -OCH3 is 1. The van der Waals surface area contributed by atoms with Crippen molar-refractivity contribution in [2.75, 3.05) is 7.11 Å². The summed E-state index contributed by atoms with van der Waals surface area (Å²) in [4.78, 5) is 25.4. The van der Waals surface area contributed by atoms with E-state index >= 15 is 0 Å². The minimum Gasteiger partial charge on any atom is -0.495 e. The fourth-order valence-electron chi connectivity index (χ4n) is 2.45. The summed E-state index contributed by atoms with van der Waals surface area (Å²) < 4.78 is 18.8. The van der Waals surface area contributed by atoms with Gasteiger partial charge in [-0.3, -0.25) is 9.69 Å². The zero-order valence-corrected chi connectivity index (χ0v) is 14.0. The molecule has 0 aromatic heterocycles. The molecule has 1 saturated heterocycles. The summed E-state index contributed by atoms with van der Waals surface area (Å²) >= 11 is 6.05. The maximum Gasteiger partial charge on any atom is 0.329 e. The molecule has 3 amide bonds. The van der Waals surface area contributed by atoms with Crippen molar-refractivity contribution in [1.82, 2.24) is 10.2 Å². The number of amides is 3. The van der Waals surface area contributed by atoms with Crippen LogP contribution in [0.5, 0.6) is 5.75 Å². The molecule has 1 N–H and O–H groups in total. The Balaban J connectivity index is 1.83. The van der Waals surface area contributed by atoms with Crippen molar-refractivity contribution < 1.29 is 18.7 Å². The van der Waals surface area contributed by atoms with Gasteiger partial charge in [0.05, 0.1) is 18.7 Å². The standard InChI is InChI=1S/C18H14ClFN2O3/c1-25-16-7-6-11(8-13(16)19)9-15-17(23)22(18(24)21-15)10-12-4-2-3-5-14(12)20/h2-9H,10H2,1H3,(H,21,24)/b15-9+. The lowest BCUT2D eigenvalue weighted by Crippen LogP contribution is -2.30. The van der Waals surface area contributed by atoms with Gasteiger partial charge in [0.2, 0.25) is 0 Å². The topological polar surface area (TPSA) is 58.6 Å². The van der Waals surface area contributed by atoms with Gasteiger partial charge >= 0.3 is 6.03 Å². The van der Waals surface area contributed by atoms with Crippen LogP contribution in [0.1, 0.15) is 11.1 Å². The molecule has 5 nitrogen and oxygen atoms in total. The van der Waals surface area contributed by atoms with Crippen molar-refractivity contribution >= 4 is 29.6 Å². The van der Waals surface area contributed by atoms with Crippen LogP contribution >= 0.6 is 11.6 Å². The predicted molar refractivity (Wildman–Crippen MR) is 91.5 cm³/mol. The second-order valence-electron chi connectivity index (χ2n) is 5.36. The van der Waals surface area contributed by atoms with Gasteiger partial charge in [0.25, 0.3) is 5.91 Å². The quantitative estimate of drug-likeness (QED) is 0.669. The summed E-state index contributed by atoms with van der Waals surface area (Å²) in [5, 5.41) is 2.88. The Bertz CT molecular complexity index is 882. The molecule has 1 aliphatic heterocycles. The highest BCUT2D eigenvalue weighted by Crippen LogP contribution is 2.26. The van der Waals surface area contributed by atoms with Gasteiger partial charge in [0, 0.05) is 5.56 Å². The van der Waals surface area contributed by atoms with E-state index in [1.165, 1.54) is 25.3 Å². The Kier molecular flexibility index (Phi) is 4.72. The summed E-state index contributed by atoms with van der Waals surface area (Å²) in [6.45, 7) is -0.141. The normalized spacial score (nSPS) is 15.6. The van der Waals surface area contributed by atoms with Gasteiger partial charge in [-0.05, 0) is 29.8 Å². The van der Waals surface area contributed by atoms with Crippen molar-refractivity contribution in [1.29, 1.82) is 0 Å². The summed E-state index contributed by atoms with van der Waals surface area (Å²) in [7, 11) is 1.50. The van der Waals surface area contributed by atoms with Gasteiger partial charge in [0.1, 0.15) is 17.3 Å². The molecular weight excluding hydrogens is 347 g/mol. The number of carbonyl (C=O) groups is 2. The average Bonchev–Trinajstić information content (AvgIpc) is 2.84. The molecule has 128 valence electrons. The molecule has 0 aliphatic carbocycles. The predicted octanol–water partition coefficient (Wildman–Crippen LogP) is 3.58. The van der Waals surface area contributed by atoms with Crippen LogP contribution in [0.15, 0.2) is 48.2 Å². The smallest absolute Gasteiger partial charge is 0.329 e. The minimum absolute atomic E-state index is 0.0996. The zero-order chi connectivity index (χ0) is 18.0. The fourth-order valence-corrected chi connectivity index (χ4v) is 2.72. The zero-order valence-electron chi connectivity index (χ0n) is 13.3. The number of benzene rings is 2. The molecule has 0 spiro atoms. The third-order valence-corrected chi connectivity index (χ3v) is 4.03. The Labute approximate surface area is 148 Å². The van der Waals surface area contributed by atoms with E-state index in [1.807, 2.05) is 0 Å². The first-order valence-corrected chi connectivity index (χ1v) is 7.79. The Morgan fingerprint density at radius 1 is 1.24 bits per heavy atom. The van der Waals surface area contributed by atoms with Crippen LogP contribution in [0.2, 0.25) is 5.02 Å². The summed E-state index contributed by atoms with van der Waals surface area (Å²) in [6, 6.07) is 10.4. The minimum atomic E-state index is -0.598. The van der Waals surface area contributed by atoms with E-state index in [-0.39, 0.29) is 17.8 Å². The molecule has 2 aromatic carbocycles. The van der Waals surface area contributed by atoms with Gasteiger partial charge in [0.15, 0.2) is 0 Å². The van der Waals surface area contributed by atoms with Crippen molar-refractivity contribution in [3.63, 3.8) is 0 Å². The molecule has 25 heavy (non-hydrogen) atoms. The first kappa shape index (κ1) is 17.0. The van der Waals surface area contributed by atoms with E-state index < -0.39 is 17.8 Å². The first-order chi connectivity index (χ1) is 12.0. The van der Waals surface area contributed by atoms with Crippen molar-refractivity contribution in [3.05, 3.63) is 70.1 Å². The molecule has 0 saturated carbocycles. The molecule has 7 heteroatoms. The molecule has 1 fully saturated rings. The highest BCUT2D eigenvalue weighted by molar-refractivity contribution is 6.32. The number of urea groups is 1. The van der Waals surface area contributed by atoms with E-state index in [0.717, 1.165) is 4.90 Å². The summed E-state index contributed by atoms with van der Waals surface area (Å²) in [5.41, 5.74) is 0.990. The number of hydrogen-bond donors (Lipinski definition) is 1. The van der Waals surface area contributed by atoms with Crippen LogP contribution < -0.4 is 10.1 Å². The molecule has 3 rings (SSSR count). The number of rotatable bonds is 4. The van der Waals surface area contributed by atoms with Crippen molar-refractivity contribution in [2.24, 2.45) is 0 Å². The molecule has 1 heterocycles. The molecule has 0 bridgehead atoms. The summed E-state index contributed by atoms with van der Waals surface area (Å²) in [5.74, 6) is -0.491. The fraction of sp³-hybridized carbons (Fsp3) is 0.111. The highest BCUT2D eigenvalue weighted by Gasteiger charge is 2.33. The molecule has 0 unspecified atom stereocenters. The molecule has 0 atom stereocenters. The summed E-state index contributed by atoms with van der Waals surface area (Å²) in [6.07, 6.45) is 1.51. The molecular formula is C18H14ClFN2O3. The van der Waals surface area contributed by atoms with E-state index in [4.69, 9.17) is 16.3 Å². The van der Waals surface area contributed by atoms with Crippen LogP contribution in [0, 0.1) is 5.82 Å². The highest BCUT2D eigenvalue weighted by atomic mass is 35.5. The van der Waals surface area contributed by atoms with Gasteiger partial charge in [-0.2, -0.15) is 0 Å². The number of nitrogens with zero attached hydrogens (tertiary/aromatic N) is 1. The van der Waals surface area contributed by atoms with Crippen LogP contribution in [-0.2, 0) is 11.3 Å². The van der Waals surface area contributed by atoms with Gasteiger partial charge < -0.3 is 10.1 Å². The van der Waals surface area contributed by atoms with E-state index in [9.17, 15) is 14.0 Å². The van der Waals surface area contributed by atoms with Crippen LogP contribution in [0.3, 0.4) is 0 Å². The largest absolute Gasteiger partial charge is 0.495 e. The Morgan fingerprint density at radius 3 is 2.68 bits per heavy atom. The molecule has 2 aromatic rings. The van der Waals surface area contributed by atoms with Gasteiger partial charge in [-0.1, -0.05) is 35.9 Å². The Morgan fingerprint density at radius 2 is 2.00 bits per heavy atom. The molecule has 0 radical (unpaired) electrons. The number of hydrogen-bond acceptors (Lipinski definition) is 3. The average molecular weight is 361 g/mol. The third kappa shape index (κ3) is 3.49. The van der Waals surface area contributed by atoms with E-state index in [1.54, 1.807) is 30.3 Å².